The minimum absolute atomic E-state index is 0.219. The van der Waals surface area contributed by atoms with E-state index < -0.39 is 5.60 Å². The Hall–Kier alpha value is -2.24. The molecule has 1 aliphatic rings. The van der Waals surface area contributed by atoms with Gasteiger partial charge in [0.2, 0.25) is 0 Å². The topological polar surface area (TPSA) is 62.2 Å². The third-order valence-electron chi connectivity index (χ3n) is 4.56. The molecule has 0 bridgehead atoms. The van der Waals surface area contributed by atoms with Crippen molar-refractivity contribution in [2.24, 2.45) is 0 Å². The van der Waals surface area contributed by atoms with Crippen LogP contribution < -0.4 is 5.32 Å². The molecule has 4 nitrogen and oxygen atoms in total. The second-order valence-electron chi connectivity index (χ2n) is 6.34. The first-order valence-electron chi connectivity index (χ1n) is 8.06. The molecule has 1 atom stereocenters. The maximum absolute atomic E-state index is 12.4. The second kappa shape index (κ2) is 6.00. The summed E-state index contributed by atoms with van der Waals surface area (Å²) in [6, 6.07) is 15.9. The standard InChI is InChI=1S/C19H18N2O2S/c22-17(18-21-15-7-3-4-8-16(15)24-18)20-12-19(23)10-9-13-5-1-2-6-14(13)11-19/h1-8,23H,9-12H2,(H,20,22)/t19-/m1/s1. The van der Waals surface area contributed by atoms with Crippen molar-refractivity contribution in [1.29, 1.82) is 0 Å². The van der Waals surface area contributed by atoms with Gasteiger partial charge in [-0.05, 0) is 36.1 Å². The molecule has 2 aromatic carbocycles. The molecule has 0 saturated heterocycles. The van der Waals surface area contributed by atoms with E-state index in [-0.39, 0.29) is 12.5 Å². The number of carbonyl (C=O) groups excluding carboxylic acids is 1. The van der Waals surface area contributed by atoms with Crippen molar-refractivity contribution in [2.45, 2.75) is 24.9 Å². The van der Waals surface area contributed by atoms with Crippen molar-refractivity contribution >= 4 is 27.5 Å². The first kappa shape index (κ1) is 15.3. The highest BCUT2D eigenvalue weighted by atomic mass is 32.1. The van der Waals surface area contributed by atoms with Gasteiger partial charge in [-0.15, -0.1) is 11.3 Å². The lowest BCUT2D eigenvalue weighted by Crippen LogP contribution is -2.46. The summed E-state index contributed by atoms with van der Waals surface area (Å²) in [4.78, 5) is 16.7. The number of rotatable bonds is 3. The van der Waals surface area contributed by atoms with Gasteiger partial charge in [0.15, 0.2) is 5.01 Å². The number of fused-ring (bicyclic) bond motifs is 2. The van der Waals surface area contributed by atoms with Gasteiger partial charge in [0.25, 0.3) is 5.91 Å². The third-order valence-corrected chi connectivity index (χ3v) is 5.60. The van der Waals surface area contributed by atoms with Crippen LogP contribution in [0.1, 0.15) is 27.3 Å². The van der Waals surface area contributed by atoms with Gasteiger partial charge in [-0.2, -0.15) is 0 Å². The van der Waals surface area contributed by atoms with Crippen LogP contribution in [0.4, 0.5) is 0 Å². The molecule has 2 N–H and O–H groups in total. The number of carbonyl (C=O) groups is 1. The van der Waals surface area contributed by atoms with Crippen LogP contribution >= 0.6 is 11.3 Å². The number of hydrogen-bond donors (Lipinski definition) is 2. The molecule has 1 heterocycles. The Labute approximate surface area is 144 Å². The van der Waals surface area contributed by atoms with E-state index in [0.717, 1.165) is 16.6 Å². The number of hydrogen-bond acceptors (Lipinski definition) is 4. The molecule has 122 valence electrons. The van der Waals surface area contributed by atoms with Crippen molar-refractivity contribution in [3.63, 3.8) is 0 Å². The molecule has 1 aliphatic carbocycles. The summed E-state index contributed by atoms with van der Waals surface area (Å²) in [5.74, 6) is -0.219. The monoisotopic (exact) mass is 338 g/mol. The minimum atomic E-state index is -0.888. The molecule has 4 rings (SSSR count). The largest absolute Gasteiger partial charge is 0.388 e. The molecule has 3 aromatic rings. The molecule has 5 heteroatoms. The van der Waals surface area contributed by atoms with Gasteiger partial charge in [-0.3, -0.25) is 4.79 Å². The fraction of sp³-hybridized carbons (Fsp3) is 0.263. The van der Waals surface area contributed by atoms with Gasteiger partial charge in [-0.25, -0.2) is 4.98 Å². The molecule has 0 saturated carbocycles. The Morgan fingerprint density at radius 3 is 2.75 bits per heavy atom. The molecule has 24 heavy (non-hydrogen) atoms. The highest BCUT2D eigenvalue weighted by Crippen LogP contribution is 2.28. The van der Waals surface area contributed by atoms with E-state index in [1.807, 2.05) is 36.4 Å². The van der Waals surface area contributed by atoms with E-state index >= 15 is 0 Å². The number of benzene rings is 2. The molecule has 0 unspecified atom stereocenters. The summed E-state index contributed by atoms with van der Waals surface area (Å²) in [6.45, 7) is 0.246. The normalized spacial score (nSPS) is 19.9. The van der Waals surface area contributed by atoms with Crippen LogP contribution in [0, 0.1) is 0 Å². The van der Waals surface area contributed by atoms with Crippen molar-refractivity contribution in [1.82, 2.24) is 10.3 Å². The molecule has 0 spiro atoms. The van der Waals surface area contributed by atoms with Crippen molar-refractivity contribution < 1.29 is 9.90 Å². The first-order chi connectivity index (χ1) is 11.6. The molecular weight excluding hydrogens is 320 g/mol. The van der Waals surface area contributed by atoms with Gasteiger partial charge in [-0.1, -0.05) is 36.4 Å². The number of nitrogens with zero attached hydrogens (tertiary/aromatic N) is 1. The fourth-order valence-electron chi connectivity index (χ4n) is 3.22. The molecule has 1 aromatic heterocycles. The van der Waals surface area contributed by atoms with Crippen LogP contribution in [0.2, 0.25) is 0 Å². The SMILES string of the molecule is O=C(NC[C@@]1(O)CCc2ccccc2C1)c1nc2ccccc2s1. The number of nitrogens with one attached hydrogen (secondary N) is 1. The minimum Gasteiger partial charge on any atom is -0.388 e. The average Bonchev–Trinajstić information content (AvgIpc) is 3.04. The lowest BCUT2D eigenvalue weighted by molar-refractivity contribution is 0.0260. The van der Waals surface area contributed by atoms with Gasteiger partial charge < -0.3 is 10.4 Å². The van der Waals surface area contributed by atoms with Gasteiger partial charge in [0.05, 0.1) is 15.8 Å². The van der Waals surface area contributed by atoms with Crippen LogP contribution in [0.15, 0.2) is 48.5 Å². The zero-order chi connectivity index (χ0) is 16.6. The molecule has 0 radical (unpaired) electrons. The van der Waals surface area contributed by atoms with Crippen LogP contribution in [0.5, 0.6) is 0 Å². The van der Waals surface area contributed by atoms with E-state index in [9.17, 15) is 9.90 Å². The van der Waals surface area contributed by atoms with Gasteiger partial charge in [0, 0.05) is 13.0 Å². The zero-order valence-electron chi connectivity index (χ0n) is 13.2. The van der Waals surface area contributed by atoms with E-state index in [2.05, 4.69) is 22.4 Å². The highest BCUT2D eigenvalue weighted by molar-refractivity contribution is 7.20. The summed E-state index contributed by atoms with van der Waals surface area (Å²) < 4.78 is 0.993. The molecular formula is C19H18N2O2S. The quantitative estimate of drug-likeness (QED) is 0.772. The summed E-state index contributed by atoms with van der Waals surface area (Å²) in [5.41, 5.74) is 2.40. The van der Waals surface area contributed by atoms with Crippen molar-refractivity contribution in [3.05, 3.63) is 64.7 Å². The lowest BCUT2D eigenvalue weighted by Gasteiger charge is -2.33. The van der Waals surface area contributed by atoms with E-state index in [1.54, 1.807) is 0 Å². The average molecular weight is 338 g/mol. The fourth-order valence-corrected chi connectivity index (χ4v) is 4.11. The zero-order valence-corrected chi connectivity index (χ0v) is 14.0. The number of para-hydroxylation sites is 1. The maximum atomic E-state index is 12.4. The Bertz CT molecular complexity index is 872. The van der Waals surface area contributed by atoms with Gasteiger partial charge >= 0.3 is 0 Å². The molecule has 0 aliphatic heterocycles. The van der Waals surface area contributed by atoms with Crippen molar-refractivity contribution in [2.75, 3.05) is 6.54 Å². The summed E-state index contributed by atoms with van der Waals surface area (Å²) in [5, 5.41) is 14.1. The summed E-state index contributed by atoms with van der Waals surface area (Å²) >= 11 is 1.37. The predicted octanol–water partition coefficient (Wildman–Crippen LogP) is 2.95. The van der Waals surface area contributed by atoms with E-state index in [4.69, 9.17) is 0 Å². The number of aryl methyl sites for hydroxylation is 1. The third kappa shape index (κ3) is 2.92. The highest BCUT2D eigenvalue weighted by Gasteiger charge is 2.32. The van der Waals surface area contributed by atoms with E-state index in [1.165, 1.54) is 22.5 Å². The number of thiazole rings is 1. The Balaban J connectivity index is 1.45. The van der Waals surface area contributed by atoms with Crippen LogP contribution in [-0.2, 0) is 12.8 Å². The predicted molar refractivity (Wildman–Crippen MR) is 95.4 cm³/mol. The lowest BCUT2D eigenvalue weighted by atomic mass is 9.80. The van der Waals surface area contributed by atoms with E-state index in [0.29, 0.717) is 17.8 Å². The van der Waals surface area contributed by atoms with Crippen LogP contribution in [0.25, 0.3) is 10.2 Å². The number of aliphatic hydroxyl groups is 1. The number of amides is 1. The Morgan fingerprint density at radius 1 is 1.17 bits per heavy atom. The second-order valence-corrected chi connectivity index (χ2v) is 7.37. The van der Waals surface area contributed by atoms with Crippen molar-refractivity contribution in [3.8, 4) is 0 Å². The smallest absolute Gasteiger partial charge is 0.280 e. The van der Waals surface area contributed by atoms with Crippen LogP contribution in [-0.4, -0.2) is 28.1 Å². The van der Waals surface area contributed by atoms with Gasteiger partial charge in [0.1, 0.15) is 0 Å². The summed E-state index contributed by atoms with van der Waals surface area (Å²) in [6.07, 6.45) is 2.07. The molecule has 0 fully saturated rings. The molecule has 1 amide bonds. The maximum Gasteiger partial charge on any atom is 0.280 e. The number of aromatic nitrogens is 1. The Morgan fingerprint density at radius 2 is 1.92 bits per heavy atom. The Kier molecular flexibility index (Phi) is 3.82. The summed E-state index contributed by atoms with van der Waals surface area (Å²) in [7, 11) is 0. The van der Waals surface area contributed by atoms with Crippen LogP contribution in [0.3, 0.4) is 0 Å². The first-order valence-corrected chi connectivity index (χ1v) is 8.88.